The Morgan fingerprint density at radius 3 is 3.12 bits per heavy atom. The molecule has 1 fully saturated rings. The van der Waals surface area contributed by atoms with Crippen molar-refractivity contribution < 1.29 is 4.42 Å². The summed E-state index contributed by atoms with van der Waals surface area (Å²) in [6, 6.07) is 2.61. The van der Waals surface area contributed by atoms with Crippen LogP contribution in [0, 0.1) is 0 Å². The van der Waals surface area contributed by atoms with Gasteiger partial charge < -0.3 is 9.73 Å². The number of aromatic nitrogens is 1. The average molecular weight is 299 g/mol. The van der Waals surface area contributed by atoms with E-state index >= 15 is 0 Å². The van der Waals surface area contributed by atoms with E-state index in [9.17, 15) is 0 Å². The van der Waals surface area contributed by atoms with Gasteiger partial charge in [-0.15, -0.1) is 11.3 Å². The van der Waals surface area contributed by atoms with E-state index in [2.05, 4.69) is 31.6 Å². The van der Waals surface area contributed by atoms with E-state index in [1.807, 2.05) is 6.07 Å². The lowest BCUT2D eigenvalue weighted by Gasteiger charge is -1.97. The molecule has 1 N–H and O–H groups in total. The third kappa shape index (κ3) is 2.21. The van der Waals surface area contributed by atoms with Crippen molar-refractivity contribution in [2.75, 3.05) is 0 Å². The zero-order chi connectivity index (χ0) is 11.0. The molecule has 0 radical (unpaired) electrons. The second-order valence-electron chi connectivity index (χ2n) is 3.90. The summed E-state index contributed by atoms with van der Waals surface area (Å²) < 4.78 is 6.34. The molecule has 0 amide bonds. The van der Waals surface area contributed by atoms with E-state index in [1.165, 1.54) is 12.8 Å². The highest BCUT2D eigenvalue weighted by atomic mass is 79.9. The quantitative estimate of drug-likeness (QED) is 0.940. The molecule has 2 aromatic heterocycles. The van der Waals surface area contributed by atoms with E-state index in [0.717, 1.165) is 33.5 Å². The van der Waals surface area contributed by atoms with Gasteiger partial charge in [0.25, 0.3) is 0 Å². The van der Waals surface area contributed by atoms with Gasteiger partial charge in [-0.2, -0.15) is 0 Å². The molecule has 3 rings (SSSR count). The highest BCUT2D eigenvalue weighted by molar-refractivity contribution is 9.10. The molecule has 84 valence electrons. The van der Waals surface area contributed by atoms with E-state index in [0.29, 0.717) is 0 Å². The van der Waals surface area contributed by atoms with Crippen molar-refractivity contribution in [2.24, 2.45) is 0 Å². The number of halogens is 1. The first-order chi connectivity index (χ1) is 7.83. The van der Waals surface area contributed by atoms with Gasteiger partial charge >= 0.3 is 0 Å². The number of rotatable bonds is 4. The molecule has 0 aliphatic heterocycles. The lowest BCUT2D eigenvalue weighted by atomic mass is 10.4. The minimum atomic E-state index is 0.723. The minimum Gasteiger partial charge on any atom is -0.461 e. The van der Waals surface area contributed by atoms with Crippen molar-refractivity contribution in [1.82, 2.24) is 10.3 Å². The topological polar surface area (TPSA) is 38.1 Å². The summed E-state index contributed by atoms with van der Waals surface area (Å²) >= 11 is 5.06. The summed E-state index contributed by atoms with van der Waals surface area (Å²) in [4.78, 5) is 4.55. The van der Waals surface area contributed by atoms with Gasteiger partial charge in [0.05, 0.1) is 16.4 Å². The fourth-order valence-corrected chi connectivity index (χ4v) is 2.81. The lowest BCUT2D eigenvalue weighted by Crippen LogP contribution is -2.15. The van der Waals surface area contributed by atoms with E-state index < -0.39 is 0 Å². The van der Waals surface area contributed by atoms with Crippen LogP contribution >= 0.6 is 27.3 Å². The summed E-state index contributed by atoms with van der Waals surface area (Å²) in [5.74, 6) is 0.822. The van der Waals surface area contributed by atoms with Crippen LogP contribution in [0.3, 0.4) is 0 Å². The molecule has 2 heterocycles. The molecular weight excluding hydrogens is 288 g/mol. The van der Waals surface area contributed by atoms with Gasteiger partial charge in [0.2, 0.25) is 0 Å². The molecular formula is C11H11BrN2OS. The number of thiazole rings is 1. The van der Waals surface area contributed by atoms with Crippen LogP contribution in [0.15, 0.2) is 26.6 Å². The molecule has 0 unspecified atom stereocenters. The first-order valence-corrected chi connectivity index (χ1v) is 6.91. The Morgan fingerprint density at radius 2 is 2.44 bits per heavy atom. The van der Waals surface area contributed by atoms with Crippen molar-refractivity contribution in [2.45, 2.75) is 25.4 Å². The fraction of sp³-hybridized carbons (Fsp3) is 0.364. The molecule has 0 atom stereocenters. The zero-order valence-corrected chi connectivity index (χ0v) is 11.0. The van der Waals surface area contributed by atoms with Crippen LogP contribution < -0.4 is 5.32 Å². The Balaban J connectivity index is 1.74. The summed E-state index contributed by atoms with van der Waals surface area (Å²) in [6.07, 6.45) is 4.28. The van der Waals surface area contributed by atoms with Gasteiger partial charge in [0.1, 0.15) is 0 Å². The maximum Gasteiger partial charge on any atom is 0.176 e. The SMILES string of the molecule is Brc1ccoc1-c1nc(CNC2CC2)cs1. The molecule has 3 nitrogen and oxygen atoms in total. The van der Waals surface area contributed by atoms with Gasteiger partial charge in [0.15, 0.2) is 10.8 Å². The summed E-state index contributed by atoms with van der Waals surface area (Å²) in [6.45, 7) is 0.861. The van der Waals surface area contributed by atoms with Crippen molar-refractivity contribution in [3.63, 3.8) is 0 Å². The van der Waals surface area contributed by atoms with Crippen LogP contribution in [0.5, 0.6) is 0 Å². The summed E-state index contributed by atoms with van der Waals surface area (Å²) in [5, 5.41) is 6.47. The van der Waals surface area contributed by atoms with Gasteiger partial charge in [-0.05, 0) is 34.8 Å². The van der Waals surface area contributed by atoms with E-state index in [4.69, 9.17) is 4.42 Å². The first-order valence-electron chi connectivity index (χ1n) is 5.24. The van der Waals surface area contributed by atoms with Crippen LogP contribution in [0.25, 0.3) is 10.8 Å². The summed E-state index contributed by atoms with van der Waals surface area (Å²) in [5.41, 5.74) is 1.09. The lowest BCUT2D eigenvalue weighted by molar-refractivity contribution is 0.580. The van der Waals surface area contributed by atoms with Crippen molar-refractivity contribution >= 4 is 27.3 Å². The maximum absolute atomic E-state index is 5.38. The third-order valence-corrected chi connectivity index (χ3v) is 4.03. The van der Waals surface area contributed by atoms with Crippen LogP contribution in [0.4, 0.5) is 0 Å². The molecule has 0 aromatic carbocycles. The largest absolute Gasteiger partial charge is 0.461 e. The highest BCUT2D eigenvalue weighted by Crippen LogP contribution is 2.31. The summed E-state index contributed by atoms with van der Waals surface area (Å²) in [7, 11) is 0. The number of furan rings is 1. The molecule has 16 heavy (non-hydrogen) atoms. The van der Waals surface area contributed by atoms with E-state index in [1.54, 1.807) is 17.6 Å². The van der Waals surface area contributed by atoms with Crippen molar-refractivity contribution in [3.05, 3.63) is 27.9 Å². The van der Waals surface area contributed by atoms with E-state index in [-0.39, 0.29) is 0 Å². The standard InChI is InChI=1S/C11H11BrN2OS/c12-9-3-4-15-10(9)11-14-8(6-16-11)5-13-7-1-2-7/h3-4,6-7,13H,1-2,5H2. The number of nitrogens with zero attached hydrogens (tertiary/aromatic N) is 1. The predicted molar refractivity (Wildman–Crippen MR) is 67.4 cm³/mol. The molecule has 0 spiro atoms. The number of nitrogens with one attached hydrogen (secondary N) is 1. The maximum atomic E-state index is 5.38. The molecule has 5 heteroatoms. The first kappa shape index (κ1) is 10.5. The van der Waals surface area contributed by atoms with Crippen LogP contribution in [0.2, 0.25) is 0 Å². The van der Waals surface area contributed by atoms with Crippen molar-refractivity contribution in [3.8, 4) is 10.8 Å². The molecule has 2 aromatic rings. The Kier molecular flexibility index (Phi) is 2.83. The van der Waals surface area contributed by atoms with Crippen LogP contribution in [0.1, 0.15) is 18.5 Å². The Bertz CT molecular complexity index is 490. The number of hydrogen-bond acceptors (Lipinski definition) is 4. The Morgan fingerprint density at radius 1 is 1.56 bits per heavy atom. The molecule has 1 aliphatic rings. The monoisotopic (exact) mass is 298 g/mol. The zero-order valence-electron chi connectivity index (χ0n) is 8.57. The Labute approximate surface area is 106 Å². The number of hydrogen-bond donors (Lipinski definition) is 1. The fourth-order valence-electron chi connectivity index (χ4n) is 1.48. The highest BCUT2D eigenvalue weighted by Gasteiger charge is 2.20. The van der Waals surface area contributed by atoms with Gasteiger partial charge in [0, 0.05) is 18.0 Å². The van der Waals surface area contributed by atoms with Crippen LogP contribution in [-0.2, 0) is 6.54 Å². The molecule has 0 saturated heterocycles. The van der Waals surface area contributed by atoms with Gasteiger partial charge in [-0.25, -0.2) is 4.98 Å². The third-order valence-electron chi connectivity index (χ3n) is 2.51. The second kappa shape index (κ2) is 4.31. The molecule has 0 bridgehead atoms. The van der Waals surface area contributed by atoms with Gasteiger partial charge in [-0.1, -0.05) is 0 Å². The molecule has 1 aliphatic carbocycles. The smallest absolute Gasteiger partial charge is 0.176 e. The Hall–Kier alpha value is -0.650. The minimum absolute atomic E-state index is 0.723. The van der Waals surface area contributed by atoms with Crippen LogP contribution in [-0.4, -0.2) is 11.0 Å². The second-order valence-corrected chi connectivity index (χ2v) is 5.61. The molecule has 1 saturated carbocycles. The predicted octanol–water partition coefficient (Wildman–Crippen LogP) is 3.42. The van der Waals surface area contributed by atoms with Gasteiger partial charge in [-0.3, -0.25) is 0 Å². The normalized spacial score (nSPS) is 15.6. The average Bonchev–Trinajstić information content (AvgIpc) is 2.82. The van der Waals surface area contributed by atoms with Crippen molar-refractivity contribution in [1.29, 1.82) is 0 Å².